The molecule has 1 aromatic heterocycles. The molecular formula is C13H18N2O3. The van der Waals surface area contributed by atoms with E-state index in [1.54, 1.807) is 12.1 Å². The predicted molar refractivity (Wildman–Crippen MR) is 66.4 cm³/mol. The van der Waals surface area contributed by atoms with E-state index in [4.69, 9.17) is 9.84 Å². The van der Waals surface area contributed by atoms with Crippen molar-refractivity contribution in [2.75, 3.05) is 19.8 Å². The summed E-state index contributed by atoms with van der Waals surface area (Å²) in [5, 5.41) is 11.9. The van der Waals surface area contributed by atoms with E-state index in [2.05, 4.69) is 10.3 Å². The van der Waals surface area contributed by atoms with Crippen LogP contribution in [0.15, 0.2) is 18.3 Å². The average Bonchev–Trinajstić information content (AvgIpc) is 3.18. The van der Waals surface area contributed by atoms with Crippen LogP contribution in [0.5, 0.6) is 0 Å². The molecule has 2 N–H and O–H groups in total. The minimum Gasteiger partial charge on any atom is -0.478 e. The van der Waals surface area contributed by atoms with Gasteiger partial charge in [0.2, 0.25) is 0 Å². The van der Waals surface area contributed by atoms with Gasteiger partial charge in [-0.3, -0.25) is 4.98 Å². The maximum Gasteiger partial charge on any atom is 0.337 e. The molecule has 0 amide bonds. The van der Waals surface area contributed by atoms with Crippen LogP contribution < -0.4 is 5.32 Å². The minimum atomic E-state index is -0.949. The van der Waals surface area contributed by atoms with Gasteiger partial charge in [-0.15, -0.1) is 0 Å². The lowest BCUT2D eigenvalue weighted by Crippen LogP contribution is -2.20. The van der Waals surface area contributed by atoms with Gasteiger partial charge in [0, 0.05) is 25.9 Å². The van der Waals surface area contributed by atoms with Gasteiger partial charge in [0.15, 0.2) is 0 Å². The Labute approximate surface area is 106 Å². The Morgan fingerprint density at radius 3 is 2.94 bits per heavy atom. The Balaban J connectivity index is 1.58. The minimum absolute atomic E-state index is 0.214. The summed E-state index contributed by atoms with van der Waals surface area (Å²) in [6.45, 7) is 3.01. The SMILES string of the molecule is O=C(O)c1ccc(CNCCOCC2CC2)nc1. The van der Waals surface area contributed by atoms with Crippen molar-refractivity contribution in [1.29, 1.82) is 0 Å². The molecule has 0 atom stereocenters. The van der Waals surface area contributed by atoms with Crippen molar-refractivity contribution in [3.63, 3.8) is 0 Å². The topological polar surface area (TPSA) is 71.5 Å². The molecule has 0 aliphatic heterocycles. The first kappa shape index (κ1) is 13.0. The van der Waals surface area contributed by atoms with E-state index in [-0.39, 0.29) is 5.56 Å². The third kappa shape index (κ3) is 4.43. The fourth-order valence-corrected chi connectivity index (χ4v) is 1.55. The fourth-order valence-electron chi connectivity index (χ4n) is 1.55. The van der Waals surface area contributed by atoms with Crippen LogP contribution >= 0.6 is 0 Å². The van der Waals surface area contributed by atoms with E-state index in [1.807, 2.05) is 0 Å². The fraction of sp³-hybridized carbons (Fsp3) is 0.538. The third-order valence-electron chi connectivity index (χ3n) is 2.85. The third-order valence-corrected chi connectivity index (χ3v) is 2.85. The number of hydrogen-bond donors (Lipinski definition) is 2. The number of carbonyl (C=O) groups is 1. The zero-order valence-corrected chi connectivity index (χ0v) is 10.3. The van der Waals surface area contributed by atoms with Gasteiger partial charge in [0.05, 0.1) is 17.9 Å². The van der Waals surface area contributed by atoms with E-state index in [9.17, 15) is 4.79 Å². The largest absolute Gasteiger partial charge is 0.478 e. The lowest BCUT2D eigenvalue weighted by atomic mass is 10.2. The summed E-state index contributed by atoms with van der Waals surface area (Å²) in [5.41, 5.74) is 1.05. The molecule has 0 aromatic carbocycles. The molecule has 5 heteroatoms. The van der Waals surface area contributed by atoms with Crippen LogP contribution in [-0.2, 0) is 11.3 Å². The quantitative estimate of drug-likeness (QED) is 0.680. The highest BCUT2D eigenvalue weighted by Crippen LogP contribution is 2.28. The number of nitrogens with zero attached hydrogens (tertiary/aromatic N) is 1. The Hall–Kier alpha value is -1.46. The second kappa shape index (κ2) is 6.47. The van der Waals surface area contributed by atoms with Crippen LogP contribution in [0.2, 0.25) is 0 Å². The summed E-state index contributed by atoms with van der Waals surface area (Å²) < 4.78 is 5.49. The van der Waals surface area contributed by atoms with Crippen molar-refractivity contribution >= 4 is 5.97 Å². The van der Waals surface area contributed by atoms with Crippen LogP contribution in [0.4, 0.5) is 0 Å². The van der Waals surface area contributed by atoms with Crippen molar-refractivity contribution in [2.45, 2.75) is 19.4 Å². The van der Waals surface area contributed by atoms with Gasteiger partial charge in [0.25, 0.3) is 0 Å². The van der Waals surface area contributed by atoms with Gasteiger partial charge in [-0.25, -0.2) is 4.79 Å². The van der Waals surface area contributed by atoms with Gasteiger partial charge >= 0.3 is 5.97 Å². The molecule has 1 heterocycles. The number of ether oxygens (including phenoxy) is 1. The van der Waals surface area contributed by atoms with Gasteiger partial charge in [-0.05, 0) is 30.9 Å². The van der Waals surface area contributed by atoms with Gasteiger partial charge in [-0.2, -0.15) is 0 Å². The van der Waals surface area contributed by atoms with Crippen molar-refractivity contribution in [3.8, 4) is 0 Å². The molecule has 0 bridgehead atoms. The van der Waals surface area contributed by atoms with Crippen molar-refractivity contribution in [1.82, 2.24) is 10.3 Å². The second-order valence-electron chi connectivity index (χ2n) is 4.54. The number of aromatic nitrogens is 1. The molecule has 1 fully saturated rings. The molecule has 0 spiro atoms. The Morgan fingerprint density at radius 1 is 1.50 bits per heavy atom. The molecule has 0 radical (unpaired) electrons. The molecule has 98 valence electrons. The Bertz CT molecular complexity index is 388. The van der Waals surface area contributed by atoms with E-state index < -0.39 is 5.97 Å². The van der Waals surface area contributed by atoms with Crippen LogP contribution in [0.25, 0.3) is 0 Å². The zero-order valence-electron chi connectivity index (χ0n) is 10.3. The molecule has 1 saturated carbocycles. The molecule has 5 nitrogen and oxygen atoms in total. The summed E-state index contributed by atoms with van der Waals surface area (Å²) in [4.78, 5) is 14.7. The molecule has 18 heavy (non-hydrogen) atoms. The average molecular weight is 250 g/mol. The highest BCUT2D eigenvalue weighted by molar-refractivity contribution is 5.87. The first-order valence-electron chi connectivity index (χ1n) is 6.22. The lowest BCUT2D eigenvalue weighted by molar-refractivity contribution is 0.0696. The smallest absolute Gasteiger partial charge is 0.337 e. The Kier molecular flexibility index (Phi) is 4.66. The van der Waals surface area contributed by atoms with E-state index in [0.29, 0.717) is 13.2 Å². The lowest BCUT2D eigenvalue weighted by Gasteiger charge is -2.05. The highest BCUT2D eigenvalue weighted by Gasteiger charge is 2.20. The van der Waals surface area contributed by atoms with E-state index in [1.165, 1.54) is 19.0 Å². The maximum atomic E-state index is 10.6. The van der Waals surface area contributed by atoms with Crippen LogP contribution in [0, 0.1) is 5.92 Å². The number of aromatic carboxylic acids is 1. The second-order valence-corrected chi connectivity index (χ2v) is 4.54. The molecule has 1 aromatic rings. The number of nitrogens with one attached hydrogen (secondary N) is 1. The van der Waals surface area contributed by atoms with E-state index in [0.717, 1.165) is 24.8 Å². The molecule has 0 unspecified atom stereocenters. The van der Waals surface area contributed by atoms with Gasteiger partial charge in [0.1, 0.15) is 0 Å². The van der Waals surface area contributed by atoms with Crippen LogP contribution in [-0.4, -0.2) is 35.8 Å². The summed E-state index contributed by atoms with van der Waals surface area (Å²) in [7, 11) is 0. The summed E-state index contributed by atoms with van der Waals surface area (Å²) in [6.07, 6.45) is 4.00. The molecule has 0 saturated heterocycles. The maximum absolute atomic E-state index is 10.6. The number of carboxylic acid groups (broad SMARTS) is 1. The van der Waals surface area contributed by atoms with Crippen LogP contribution in [0.1, 0.15) is 28.9 Å². The van der Waals surface area contributed by atoms with Crippen molar-refractivity contribution in [3.05, 3.63) is 29.6 Å². The molecule has 2 rings (SSSR count). The van der Waals surface area contributed by atoms with Gasteiger partial charge in [-0.1, -0.05) is 0 Å². The Morgan fingerprint density at radius 2 is 2.33 bits per heavy atom. The molecular weight excluding hydrogens is 232 g/mol. The number of hydrogen-bond acceptors (Lipinski definition) is 4. The molecule has 1 aliphatic carbocycles. The normalized spacial score (nSPS) is 14.7. The monoisotopic (exact) mass is 250 g/mol. The highest BCUT2D eigenvalue weighted by atomic mass is 16.5. The summed E-state index contributed by atoms with van der Waals surface area (Å²) in [6, 6.07) is 3.29. The van der Waals surface area contributed by atoms with Gasteiger partial charge < -0.3 is 15.2 Å². The standard InChI is InChI=1S/C13H18N2O3/c16-13(17)11-3-4-12(15-7-11)8-14-5-6-18-9-10-1-2-10/h3-4,7,10,14H,1-2,5-6,8-9H2,(H,16,17). The van der Waals surface area contributed by atoms with Crippen LogP contribution in [0.3, 0.4) is 0 Å². The predicted octanol–water partition coefficient (Wildman–Crippen LogP) is 1.30. The number of pyridine rings is 1. The summed E-state index contributed by atoms with van der Waals surface area (Å²) >= 11 is 0. The van der Waals surface area contributed by atoms with Crippen molar-refractivity contribution in [2.24, 2.45) is 5.92 Å². The number of carboxylic acids is 1. The molecule has 1 aliphatic rings. The first-order valence-corrected chi connectivity index (χ1v) is 6.22. The first-order chi connectivity index (χ1) is 8.75. The van der Waals surface area contributed by atoms with E-state index >= 15 is 0 Å². The van der Waals surface area contributed by atoms with Crippen molar-refractivity contribution < 1.29 is 14.6 Å². The zero-order chi connectivity index (χ0) is 12.8. The number of rotatable bonds is 8. The summed E-state index contributed by atoms with van der Waals surface area (Å²) in [5.74, 6) is -0.147.